The number of rotatable bonds is 15. The normalized spacial score (nSPS) is 20.2. The van der Waals surface area contributed by atoms with Crippen LogP contribution in [-0.2, 0) is 10.6 Å². The molecule has 0 bridgehead atoms. The molecule has 0 aliphatic carbocycles. The maximum Gasteiger partial charge on any atom is 0.163 e. The third-order valence-corrected chi connectivity index (χ3v) is 7.27. The Bertz CT molecular complexity index is 611. The van der Waals surface area contributed by atoms with Crippen molar-refractivity contribution in [2.24, 2.45) is 0 Å². The Hall–Kier alpha value is -0.900. The van der Waals surface area contributed by atoms with Gasteiger partial charge in [0.15, 0.2) is 5.72 Å². The molecule has 1 atom stereocenters. The van der Waals surface area contributed by atoms with Crippen LogP contribution in [0.25, 0.3) is 0 Å². The van der Waals surface area contributed by atoms with E-state index in [1.165, 1.54) is 89.0 Å². The molecule has 3 nitrogen and oxygen atoms in total. The van der Waals surface area contributed by atoms with E-state index in [-0.39, 0.29) is 11.1 Å². The number of hydrogen-bond donors (Lipinski definition) is 1. The molecule has 2 rings (SSSR count). The highest BCUT2D eigenvalue weighted by atomic mass is 16.7. The third kappa shape index (κ3) is 8.47. The van der Waals surface area contributed by atoms with Crippen molar-refractivity contribution in [1.82, 2.24) is 10.4 Å². The summed E-state index contributed by atoms with van der Waals surface area (Å²) in [7, 11) is 0. The minimum Gasteiger partial charge on any atom is -0.284 e. The van der Waals surface area contributed by atoms with E-state index in [2.05, 4.69) is 82.3 Å². The summed E-state index contributed by atoms with van der Waals surface area (Å²) in [6.45, 7) is 14.8. The molecule has 0 aromatic heterocycles. The molecule has 1 aliphatic heterocycles. The molecule has 3 heteroatoms. The van der Waals surface area contributed by atoms with E-state index in [0.29, 0.717) is 0 Å². The molecule has 32 heavy (non-hydrogen) atoms. The molecule has 1 aromatic carbocycles. The maximum absolute atomic E-state index is 6.91. The fraction of sp³-hybridized carbons (Fsp3) is 0.793. The first kappa shape index (κ1) is 27.3. The molecule has 1 unspecified atom stereocenters. The predicted molar refractivity (Wildman–Crippen MR) is 139 cm³/mol. The van der Waals surface area contributed by atoms with E-state index >= 15 is 0 Å². The molecule has 184 valence electrons. The Balaban J connectivity index is 1.87. The van der Waals surface area contributed by atoms with Crippen LogP contribution in [0.5, 0.6) is 0 Å². The molecule has 1 aromatic rings. The lowest BCUT2D eigenvalue weighted by molar-refractivity contribution is -0.344. The Kier molecular flexibility index (Phi) is 11.2. The molecule has 0 amide bonds. The first-order valence-corrected chi connectivity index (χ1v) is 13.5. The molecule has 0 spiro atoms. The Morgan fingerprint density at radius 1 is 0.812 bits per heavy atom. The molecule has 0 saturated carbocycles. The average molecular weight is 445 g/mol. The summed E-state index contributed by atoms with van der Waals surface area (Å²) in [6.07, 6.45) is 17.2. The summed E-state index contributed by atoms with van der Waals surface area (Å²) in [5, 5.41) is 6.09. The van der Waals surface area contributed by atoms with E-state index < -0.39 is 5.72 Å². The number of hydroxylamine groups is 2. The average Bonchev–Trinajstić information content (AvgIpc) is 2.75. The first-order chi connectivity index (χ1) is 15.2. The predicted octanol–water partition coefficient (Wildman–Crippen LogP) is 8.34. The number of nitrogens with one attached hydrogen (secondary N) is 1. The minimum absolute atomic E-state index is 0.0244. The second-order valence-corrected chi connectivity index (χ2v) is 11.4. The van der Waals surface area contributed by atoms with Crippen LogP contribution in [0.4, 0.5) is 0 Å². The van der Waals surface area contributed by atoms with Crippen molar-refractivity contribution in [2.75, 3.05) is 6.54 Å². The number of piperidine rings is 1. The lowest BCUT2D eigenvalue weighted by Gasteiger charge is -2.54. The van der Waals surface area contributed by atoms with Gasteiger partial charge in [0.2, 0.25) is 0 Å². The monoisotopic (exact) mass is 444 g/mol. The van der Waals surface area contributed by atoms with Crippen LogP contribution in [0.3, 0.4) is 0 Å². The van der Waals surface area contributed by atoms with Crippen LogP contribution in [0.2, 0.25) is 0 Å². The van der Waals surface area contributed by atoms with Crippen LogP contribution in [0.15, 0.2) is 30.3 Å². The molecule has 1 N–H and O–H groups in total. The van der Waals surface area contributed by atoms with E-state index in [1.807, 2.05) is 0 Å². The van der Waals surface area contributed by atoms with Crippen molar-refractivity contribution in [3.8, 4) is 0 Å². The number of nitrogens with zero attached hydrogens (tertiary/aromatic N) is 1. The maximum atomic E-state index is 6.91. The molecule has 0 radical (unpaired) electrons. The van der Waals surface area contributed by atoms with E-state index in [1.54, 1.807) is 0 Å². The van der Waals surface area contributed by atoms with Gasteiger partial charge in [-0.3, -0.25) is 10.2 Å². The summed E-state index contributed by atoms with van der Waals surface area (Å²) >= 11 is 0. The Morgan fingerprint density at radius 2 is 1.31 bits per heavy atom. The second-order valence-electron chi connectivity index (χ2n) is 11.4. The summed E-state index contributed by atoms with van der Waals surface area (Å²) in [5.74, 6) is 0. The summed E-state index contributed by atoms with van der Waals surface area (Å²) in [6, 6.07) is 10.7. The van der Waals surface area contributed by atoms with Crippen LogP contribution in [0, 0.1) is 0 Å². The van der Waals surface area contributed by atoms with Crippen molar-refractivity contribution in [2.45, 2.75) is 142 Å². The van der Waals surface area contributed by atoms with E-state index in [0.717, 1.165) is 6.54 Å². The van der Waals surface area contributed by atoms with Crippen molar-refractivity contribution in [1.29, 1.82) is 0 Å². The number of hydrogen-bond acceptors (Lipinski definition) is 3. The zero-order valence-corrected chi connectivity index (χ0v) is 22.1. The number of unbranched alkanes of at least 4 members (excludes halogenated alkanes) is 9. The quantitative estimate of drug-likeness (QED) is 0.217. The lowest BCUT2D eigenvalue weighted by atomic mass is 9.82. The van der Waals surface area contributed by atoms with E-state index in [9.17, 15) is 0 Å². The highest BCUT2D eigenvalue weighted by Crippen LogP contribution is 2.41. The van der Waals surface area contributed by atoms with Crippen molar-refractivity contribution in [3.05, 3.63) is 35.9 Å². The highest BCUT2D eigenvalue weighted by molar-refractivity contribution is 5.21. The summed E-state index contributed by atoms with van der Waals surface area (Å²) in [4.78, 5) is 6.91. The van der Waals surface area contributed by atoms with Gasteiger partial charge < -0.3 is 0 Å². The fourth-order valence-corrected chi connectivity index (χ4v) is 5.29. The van der Waals surface area contributed by atoms with Crippen LogP contribution in [0.1, 0.15) is 131 Å². The molecule has 1 heterocycles. The van der Waals surface area contributed by atoms with Gasteiger partial charge in [0, 0.05) is 16.6 Å². The van der Waals surface area contributed by atoms with Crippen LogP contribution in [-0.4, -0.2) is 22.7 Å². The van der Waals surface area contributed by atoms with Crippen molar-refractivity contribution < 1.29 is 4.84 Å². The topological polar surface area (TPSA) is 24.5 Å². The van der Waals surface area contributed by atoms with Gasteiger partial charge in [-0.2, -0.15) is 5.06 Å². The van der Waals surface area contributed by atoms with Gasteiger partial charge >= 0.3 is 0 Å². The van der Waals surface area contributed by atoms with Crippen molar-refractivity contribution >= 4 is 0 Å². The molecular weight excluding hydrogens is 392 g/mol. The third-order valence-electron chi connectivity index (χ3n) is 7.27. The molecule has 1 fully saturated rings. The first-order valence-electron chi connectivity index (χ1n) is 13.5. The van der Waals surface area contributed by atoms with Crippen molar-refractivity contribution in [3.63, 3.8) is 0 Å². The SMILES string of the molecule is CCCCCCCCCCCCNC(C)(ON1C(C)(C)CCCC1(C)C)c1ccccc1. The van der Waals surface area contributed by atoms with Crippen LogP contribution >= 0.6 is 0 Å². The smallest absolute Gasteiger partial charge is 0.163 e. The minimum atomic E-state index is -0.521. The summed E-state index contributed by atoms with van der Waals surface area (Å²) in [5.41, 5.74) is 0.726. The van der Waals surface area contributed by atoms with Gasteiger partial charge in [-0.05, 0) is 66.8 Å². The van der Waals surface area contributed by atoms with Gasteiger partial charge in [0.25, 0.3) is 0 Å². The Labute approximate surface area is 199 Å². The zero-order chi connectivity index (χ0) is 23.5. The van der Waals surface area contributed by atoms with E-state index in [4.69, 9.17) is 4.84 Å². The molecular formula is C29H52N2O. The van der Waals surface area contributed by atoms with Gasteiger partial charge in [-0.15, -0.1) is 0 Å². The molecule has 1 saturated heterocycles. The Morgan fingerprint density at radius 3 is 1.84 bits per heavy atom. The largest absolute Gasteiger partial charge is 0.284 e. The highest BCUT2D eigenvalue weighted by Gasteiger charge is 2.46. The standard InChI is InChI=1S/C29H52N2O/c1-7-8-9-10-11-12-13-14-15-19-25-30-29(6,26-21-17-16-18-22-26)32-31-27(2,3)23-20-24-28(31,4)5/h16-18,21-22,30H,7-15,19-20,23-25H2,1-6H3. The fourth-order valence-electron chi connectivity index (χ4n) is 5.29. The van der Waals surface area contributed by atoms with Gasteiger partial charge in [-0.1, -0.05) is 95.0 Å². The molecule has 1 aliphatic rings. The summed E-state index contributed by atoms with van der Waals surface area (Å²) < 4.78 is 0. The van der Waals surface area contributed by atoms with Gasteiger partial charge in [0.1, 0.15) is 0 Å². The van der Waals surface area contributed by atoms with Gasteiger partial charge in [-0.25, -0.2) is 0 Å². The zero-order valence-electron chi connectivity index (χ0n) is 22.1. The lowest BCUT2D eigenvalue weighted by Crippen LogP contribution is -2.62. The number of benzene rings is 1. The second kappa shape index (κ2) is 13.1. The van der Waals surface area contributed by atoms with Crippen LogP contribution < -0.4 is 5.32 Å². The van der Waals surface area contributed by atoms with Gasteiger partial charge in [0.05, 0.1) is 0 Å².